The highest BCUT2D eigenvalue weighted by atomic mass is 35.5. The Labute approximate surface area is 112 Å². The molecule has 2 N–H and O–H groups in total. The van der Waals surface area contributed by atoms with Crippen LogP contribution in [-0.2, 0) is 0 Å². The average Bonchev–Trinajstić information content (AvgIpc) is 2.40. The second-order valence-corrected chi connectivity index (χ2v) is 4.90. The Hall–Kier alpha value is -0.840. The maximum absolute atomic E-state index is 12.7. The average molecular weight is 273 g/mol. The van der Waals surface area contributed by atoms with E-state index in [9.17, 15) is 9.50 Å². The highest BCUT2D eigenvalue weighted by Gasteiger charge is 2.22. The zero-order valence-electron chi connectivity index (χ0n) is 10.2. The van der Waals surface area contributed by atoms with Crippen molar-refractivity contribution in [2.75, 3.05) is 32.9 Å². The fourth-order valence-corrected chi connectivity index (χ4v) is 2.58. The van der Waals surface area contributed by atoms with Crippen molar-refractivity contribution < 1.29 is 9.50 Å². The number of piperazine rings is 1. The molecular weight excluding hydrogens is 255 g/mol. The predicted octanol–water partition coefficient (Wildman–Crippen LogP) is 2.35. The molecule has 1 aromatic carbocycles. The number of alkyl halides is 1. The molecule has 0 spiro atoms. The Balaban J connectivity index is 2.19. The van der Waals surface area contributed by atoms with Gasteiger partial charge < -0.3 is 10.4 Å². The Bertz CT molecular complexity index is 397. The largest absolute Gasteiger partial charge is 0.506 e. The molecule has 2 rings (SSSR count). The summed E-state index contributed by atoms with van der Waals surface area (Å²) in [7, 11) is 0. The molecule has 1 saturated heterocycles. The summed E-state index contributed by atoms with van der Waals surface area (Å²) in [6.45, 7) is 3.31. The molecule has 1 heterocycles. The third kappa shape index (κ3) is 3.13. The number of hydrogen-bond donors (Lipinski definition) is 2. The quantitative estimate of drug-likeness (QED) is 0.883. The van der Waals surface area contributed by atoms with Crippen molar-refractivity contribution in [1.82, 2.24) is 10.2 Å². The zero-order chi connectivity index (χ0) is 13.0. The van der Waals surface area contributed by atoms with E-state index in [1.807, 2.05) is 6.07 Å². The van der Waals surface area contributed by atoms with Crippen molar-refractivity contribution in [2.45, 2.75) is 12.5 Å². The summed E-state index contributed by atoms with van der Waals surface area (Å²) >= 11 is 5.92. The number of phenolic OH excluding ortho intramolecular Hbond substituents is 1. The molecule has 0 amide bonds. The summed E-state index contributed by atoms with van der Waals surface area (Å²) in [4.78, 5) is 2.26. The first kappa shape index (κ1) is 13.6. The molecule has 0 radical (unpaired) electrons. The maximum Gasteiger partial charge on any atom is 0.134 e. The summed E-state index contributed by atoms with van der Waals surface area (Å²) in [5, 5.41) is 13.0. The van der Waals surface area contributed by atoms with Crippen LogP contribution in [0.1, 0.15) is 18.0 Å². The minimum Gasteiger partial charge on any atom is -0.506 e. The van der Waals surface area contributed by atoms with Gasteiger partial charge in [0.15, 0.2) is 0 Å². The molecule has 0 aromatic heterocycles. The topological polar surface area (TPSA) is 35.5 Å². The molecule has 5 heteroatoms. The number of rotatable bonds is 4. The van der Waals surface area contributed by atoms with Crippen LogP contribution in [0.2, 0.25) is 5.02 Å². The Morgan fingerprint density at radius 1 is 1.39 bits per heavy atom. The van der Waals surface area contributed by atoms with Crippen molar-refractivity contribution in [3.63, 3.8) is 0 Å². The van der Waals surface area contributed by atoms with E-state index in [2.05, 4.69) is 10.2 Å². The molecule has 1 aliphatic heterocycles. The molecule has 1 fully saturated rings. The van der Waals surface area contributed by atoms with Crippen LogP contribution in [0.15, 0.2) is 18.2 Å². The number of phenols is 1. The van der Waals surface area contributed by atoms with Crippen molar-refractivity contribution in [3.8, 4) is 5.75 Å². The van der Waals surface area contributed by atoms with Crippen LogP contribution in [0.5, 0.6) is 5.75 Å². The molecule has 0 unspecified atom stereocenters. The van der Waals surface area contributed by atoms with Gasteiger partial charge in [-0.2, -0.15) is 0 Å². The predicted molar refractivity (Wildman–Crippen MR) is 70.9 cm³/mol. The van der Waals surface area contributed by atoms with Crippen molar-refractivity contribution in [3.05, 3.63) is 28.8 Å². The fraction of sp³-hybridized carbons (Fsp3) is 0.538. The molecule has 1 atom stereocenters. The number of hydrogen-bond acceptors (Lipinski definition) is 3. The van der Waals surface area contributed by atoms with Gasteiger partial charge in [-0.1, -0.05) is 17.7 Å². The van der Waals surface area contributed by atoms with Gasteiger partial charge in [-0.25, -0.2) is 0 Å². The number of aromatic hydroxyl groups is 1. The first-order valence-corrected chi connectivity index (χ1v) is 6.59. The van der Waals surface area contributed by atoms with Crippen LogP contribution < -0.4 is 5.32 Å². The number of benzene rings is 1. The van der Waals surface area contributed by atoms with Crippen LogP contribution in [0.4, 0.5) is 4.39 Å². The molecule has 0 bridgehead atoms. The lowest BCUT2D eigenvalue weighted by Crippen LogP contribution is -2.45. The minimum atomic E-state index is -0.354. The summed E-state index contributed by atoms with van der Waals surface area (Å²) < 4.78 is 12.7. The molecule has 18 heavy (non-hydrogen) atoms. The van der Waals surface area contributed by atoms with Gasteiger partial charge in [0.25, 0.3) is 0 Å². The SMILES string of the molecule is Oc1ccc([C@H](CCF)N2CCNCC2)cc1Cl. The smallest absolute Gasteiger partial charge is 0.134 e. The highest BCUT2D eigenvalue weighted by Crippen LogP contribution is 2.31. The molecular formula is C13H18ClFN2O. The summed E-state index contributed by atoms with van der Waals surface area (Å²) in [6, 6.07) is 5.17. The minimum absolute atomic E-state index is 0.0372. The lowest BCUT2D eigenvalue weighted by Gasteiger charge is -2.35. The first-order chi connectivity index (χ1) is 8.72. The third-order valence-corrected chi connectivity index (χ3v) is 3.63. The monoisotopic (exact) mass is 272 g/mol. The standard InChI is InChI=1S/C13H18ClFN2O/c14-11-9-10(1-2-13(11)18)12(3-4-15)17-7-5-16-6-8-17/h1-2,9,12,16,18H,3-8H2/t12-/m0/s1. The van der Waals surface area contributed by atoms with Crippen molar-refractivity contribution in [2.24, 2.45) is 0 Å². The number of nitrogens with zero attached hydrogens (tertiary/aromatic N) is 1. The van der Waals surface area contributed by atoms with E-state index >= 15 is 0 Å². The normalized spacial score (nSPS) is 18.8. The molecule has 100 valence electrons. The van der Waals surface area contributed by atoms with E-state index in [1.54, 1.807) is 12.1 Å². The molecule has 1 aromatic rings. The second-order valence-electron chi connectivity index (χ2n) is 4.49. The van der Waals surface area contributed by atoms with Gasteiger partial charge in [0.1, 0.15) is 5.75 Å². The molecule has 1 aliphatic rings. The lowest BCUT2D eigenvalue weighted by molar-refractivity contribution is 0.157. The lowest BCUT2D eigenvalue weighted by atomic mass is 10.0. The number of halogens is 2. The highest BCUT2D eigenvalue weighted by molar-refractivity contribution is 6.32. The van der Waals surface area contributed by atoms with Gasteiger partial charge >= 0.3 is 0 Å². The third-order valence-electron chi connectivity index (χ3n) is 3.33. The van der Waals surface area contributed by atoms with E-state index in [0.29, 0.717) is 11.4 Å². The van der Waals surface area contributed by atoms with E-state index in [4.69, 9.17) is 11.6 Å². The van der Waals surface area contributed by atoms with Crippen molar-refractivity contribution >= 4 is 11.6 Å². The van der Waals surface area contributed by atoms with Gasteiger partial charge in [-0.3, -0.25) is 9.29 Å². The second kappa shape index (κ2) is 6.36. The van der Waals surface area contributed by atoms with Crippen LogP contribution in [0, 0.1) is 0 Å². The van der Waals surface area contributed by atoms with Crippen molar-refractivity contribution in [1.29, 1.82) is 0 Å². The molecule has 3 nitrogen and oxygen atoms in total. The van der Waals surface area contributed by atoms with Crippen LogP contribution in [0.3, 0.4) is 0 Å². The Morgan fingerprint density at radius 3 is 2.72 bits per heavy atom. The fourth-order valence-electron chi connectivity index (χ4n) is 2.39. The Kier molecular flexibility index (Phi) is 4.80. The van der Waals surface area contributed by atoms with E-state index in [1.165, 1.54) is 0 Å². The van der Waals surface area contributed by atoms with E-state index in [-0.39, 0.29) is 18.5 Å². The zero-order valence-corrected chi connectivity index (χ0v) is 11.0. The summed E-state index contributed by atoms with van der Waals surface area (Å²) in [6.07, 6.45) is 0.459. The molecule has 0 saturated carbocycles. The van der Waals surface area contributed by atoms with Gasteiger partial charge in [0.2, 0.25) is 0 Å². The van der Waals surface area contributed by atoms with E-state index < -0.39 is 0 Å². The number of nitrogens with one attached hydrogen (secondary N) is 1. The van der Waals surface area contributed by atoms with Gasteiger partial charge in [-0.05, 0) is 24.1 Å². The van der Waals surface area contributed by atoms with Gasteiger partial charge in [0.05, 0.1) is 11.7 Å². The summed E-state index contributed by atoms with van der Waals surface area (Å²) in [5.41, 5.74) is 0.970. The Morgan fingerprint density at radius 2 is 2.11 bits per heavy atom. The summed E-state index contributed by atoms with van der Waals surface area (Å²) in [5.74, 6) is 0.0692. The van der Waals surface area contributed by atoms with Crippen LogP contribution in [0.25, 0.3) is 0 Å². The van der Waals surface area contributed by atoms with Crippen LogP contribution >= 0.6 is 11.6 Å². The molecule has 0 aliphatic carbocycles. The van der Waals surface area contributed by atoms with Gasteiger partial charge in [0, 0.05) is 32.2 Å². The van der Waals surface area contributed by atoms with E-state index in [0.717, 1.165) is 31.7 Å². The first-order valence-electron chi connectivity index (χ1n) is 6.21. The maximum atomic E-state index is 12.7. The van der Waals surface area contributed by atoms with Gasteiger partial charge in [-0.15, -0.1) is 0 Å². The van der Waals surface area contributed by atoms with Crippen LogP contribution in [-0.4, -0.2) is 42.9 Å².